The van der Waals surface area contributed by atoms with Crippen molar-refractivity contribution < 1.29 is 14.3 Å². The largest absolute Gasteiger partial charge is 0.507 e. The first-order valence-corrected chi connectivity index (χ1v) is 7.85. The van der Waals surface area contributed by atoms with E-state index in [2.05, 4.69) is 0 Å². The smallest absolute Gasteiger partial charge is 0.200 e. The minimum atomic E-state index is -0.329. The van der Waals surface area contributed by atoms with Gasteiger partial charge in [-0.25, -0.2) is 0 Å². The Labute approximate surface area is 143 Å². The molecule has 0 aliphatic carbocycles. The minimum absolute atomic E-state index is 0.0856. The quantitative estimate of drug-likeness (QED) is 0.442. The highest BCUT2D eigenvalue weighted by Crippen LogP contribution is 2.26. The Bertz CT molecular complexity index is 1200. The molecule has 122 valence electrons. The molecule has 4 heteroatoms. The highest BCUT2D eigenvalue weighted by Gasteiger charge is 2.18. The van der Waals surface area contributed by atoms with Crippen LogP contribution in [0, 0.1) is 6.92 Å². The van der Waals surface area contributed by atoms with Gasteiger partial charge in [0.2, 0.25) is 5.43 Å². The third-order valence-corrected chi connectivity index (χ3v) is 4.32. The molecule has 0 radical (unpaired) electrons. The number of benzene rings is 3. The summed E-state index contributed by atoms with van der Waals surface area (Å²) in [5.74, 6) is -0.414. The summed E-state index contributed by atoms with van der Waals surface area (Å²) in [6.45, 7) is 1.78. The van der Waals surface area contributed by atoms with Crippen molar-refractivity contribution in [3.05, 3.63) is 87.6 Å². The first-order valence-electron chi connectivity index (χ1n) is 7.85. The van der Waals surface area contributed by atoms with E-state index in [9.17, 15) is 14.7 Å². The Balaban J connectivity index is 2.00. The Morgan fingerprint density at radius 2 is 1.60 bits per heavy atom. The summed E-state index contributed by atoms with van der Waals surface area (Å²) in [6.07, 6.45) is 0. The van der Waals surface area contributed by atoms with Gasteiger partial charge in [-0.1, -0.05) is 24.3 Å². The number of carbonyl (C=O) groups excluding carboxylic acids is 1. The third kappa shape index (κ3) is 2.39. The molecule has 0 saturated heterocycles. The van der Waals surface area contributed by atoms with Gasteiger partial charge in [-0.2, -0.15) is 0 Å². The fraction of sp³-hybridized carbons (Fsp3) is 0.0476. The van der Waals surface area contributed by atoms with Crippen LogP contribution in [0.5, 0.6) is 5.75 Å². The van der Waals surface area contributed by atoms with Crippen LogP contribution >= 0.6 is 0 Å². The van der Waals surface area contributed by atoms with Gasteiger partial charge in [0.1, 0.15) is 16.9 Å². The summed E-state index contributed by atoms with van der Waals surface area (Å²) in [6, 6.07) is 16.6. The maximum absolute atomic E-state index is 12.8. The first-order chi connectivity index (χ1) is 12.1. The van der Waals surface area contributed by atoms with Gasteiger partial charge in [-0.15, -0.1) is 0 Å². The molecule has 4 rings (SSSR count). The number of aromatic hydroxyl groups is 1. The SMILES string of the molecule is Cc1cc2oc3ccccc3c(=O)c2cc1C(=O)c1ccccc1O. The average molecular weight is 330 g/mol. The number of phenols is 1. The summed E-state index contributed by atoms with van der Waals surface area (Å²) >= 11 is 0. The molecule has 0 atom stereocenters. The van der Waals surface area contributed by atoms with Crippen molar-refractivity contribution in [2.45, 2.75) is 6.92 Å². The number of hydrogen-bond acceptors (Lipinski definition) is 4. The minimum Gasteiger partial charge on any atom is -0.507 e. The molecule has 25 heavy (non-hydrogen) atoms. The summed E-state index contributed by atoms with van der Waals surface area (Å²) in [5.41, 5.74) is 2.03. The predicted molar refractivity (Wildman–Crippen MR) is 96.3 cm³/mol. The van der Waals surface area contributed by atoms with E-state index in [1.54, 1.807) is 61.5 Å². The van der Waals surface area contributed by atoms with Crippen molar-refractivity contribution in [3.8, 4) is 5.75 Å². The molecule has 0 aliphatic rings. The monoisotopic (exact) mass is 330 g/mol. The van der Waals surface area contributed by atoms with Crippen molar-refractivity contribution in [2.75, 3.05) is 0 Å². The first kappa shape index (κ1) is 15.1. The molecule has 1 N–H and O–H groups in total. The molecule has 3 aromatic carbocycles. The molecular weight excluding hydrogens is 316 g/mol. The fourth-order valence-electron chi connectivity index (χ4n) is 3.01. The predicted octanol–water partition coefficient (Wildman–Crippen LogP) is 4.19. The number of para-hydroxylation sites is 2. The van der Waals surface area contributed by atoms with E-state index in [-0.39, 0.29) is 22.5 Å². The highest BCUT2D eigenvalue weighted by molar-refractivity contribution is 6.13. The fourth-order valence-corrected chi connectivity index (χ4v) is 3.01. The standard InChI is InChI=1S/C21H14O4/c1-12-10-19-16(21(24)14-7-3-5-9-18(14)25-19)11-15(12)20(23)13-6-2-4-8-17(13)22/h2-11,22H,1H3. The Morgan fingerprint density at radius 3 is 2.40 bits per heavy atom. The van der Waals surface area contributed by atoms with Crippen molar-refractivity contribution >= 4 is 27.7 Å². The highest BCUT2D eigenvalue weighted by atomic mass is 16.3. The van der Waals surface area contributed by atoms with Gasteiger partial charge >= 0.3 is 0 Å². The van der Waals surface area contributed by atoms with E-state index in [4.69, 9.17) is 4.42 Å². The molecule has 0 spiro atoms. The lowest BCUT2D eigenvalue weighted by Crippen LogP contribution is -2.08. The second kappa shape index (κ2) is 5.60. The molecule has 1 heterocycles. The number of ketones is 1. The van der Waals surface area contributed by atoms with E-state index in [0.29, 0.717) is 33.1 Å². The topological polar surface area (TPSA) is 67.5 Å². The summed E-state index contributed by atoms with van der Waals surface area (Å²) in [7, 11) is 0. The number of hydrogen-bond donors (Lipinski definition) is 1. The molecule has 0 amide bonds. The van der Waals surface area contributed by atoms with Crippen molar-refractivity contribution in [2.24, 2.45) is 0 Å². The number of carbonyl (C=O) groups is 1. The van der Waals surface area contributed by atoms with Crippen LogP contribution in [0.3, 0.4) is 0 Å². The zero-order valence-corrected chi connectivity index (χ0v) is 13.4. The van der Waals surface area contributed by atoms with E-state index in [1.165, 1.54) is 6.07 Å². The van der Waals surface area contributed by atoms with Gasteiger partial charge in [-0.3, -0.25) is 9.59 Å². The maximum atomic E-state index is 12.8. The lowest BCUT2D eigenvalue weighted by atomic mass is 9.96. The molecule has 0 bridgehead atoms. The van der Waals surface area contributed by atoms with Crippen LogP contribution in [-0.4, -0.2) is 10.9 Å². The summed E-state index contributed by atoms with van der Waals surface area (Å²) in [5, 5.41) is 10.8. The van der Waals surface area contributed by atoms with E-state index < -0.39 is 0 Å². The molecule has 0 aliphatic heterocycles. The van der Waals surface area contributed by atoms with E-state index >= 15 is 0 Å². The molecular formula is C21H14O4. The van der Waals surface area contributed by atoms with Crippen LogP contribution in [0.1, 0.15) is 21.5 Å². The van der Waals surface area contributed by atoms with Crippen LogP contribution in [0.2, 0.25) is 0 Å². The zero-order chi connectivity index (χ0) is 17.6. The van der Waals surface area contributed by atoms with Crippen molar-refractivity contribution in [1.82, 2.24) is 0 Å². The lowest BCUT2D eigenvalue weighted by molar-refractivity contribution is 0.103. The molecule has 0 fully saturated rings. The van der Waals surface area contributed by atoms with Crippen LogP contribution in [0.4, 0.5) is 0 Å². The van der Waals surface area contributed by atoms with E-state index in [0.717, 1.165) is 0 Å². The number of rotatable bonds is 2. The third-order valence-electron chi connectivity index (χ3n) is 4.32. The second-order valence-corrected chi connectivity index (χ2v) is 5.94. The van der Waals surface area contributed by atoms with Crippen LogP contribution in [-0.2, 0) is 0 Å². The average Bonchev–Trinajstić information content (AvgIpc) is 2.61. The Morgan fingerprint density at radius 1 is 0.880 bits per heavy atom. The van der Waals surface area contributed by atoms with Gasteiger partial charge in [0.15, 0.2) is 5.78 Å². The van der Waals surface area contributed by atoms with Crippen LogP contribution in [0.15, 0.2) is 69.9 Å². The van der Waals surface area contributed by atoms with Crippen LogP contribution in [0.25, 0.3) is 21.9 Å². The molecule has 1 aromatic heterocycles. The summed E-state index contributed by atoms with van der Waals surface area (Å²) in [4.78, 5) is 25.6. The van der Waals surface area contributed by atoms with E-state index in [1.807, 2.05) is 0 Å². The number of phenolic OH excluding ortho intramolecular Hbond substituents is 1. The molecule has 4 aromatic rings. The lowest BCUT2D eigenvalue weighted by Gasteiger charge is -2.09. The van der Waals surface area contributed by atoms with Gasteiger partial charge in [0.25, 0.3) is 0 Å². The van der Waals surface area contributed by atoms with Gasteiger partial charge in [0.05, 0.1) is 16.3 Å². The normalized spacial score (nSPS) is 11.1. The Hall–Kier alpha value is -3.40. The molecule has 0 unspecified atom stereocenters. The Kier molecular flexibility index (Phi) is 3.39. The zero-order valence-electron chi connectivity index (χ0n) is 13.4. The van der Waals surface area contributed by atoms with Gasteiger partial charge in [-0.05, 0) is 48.9 Å². The van der Waals surface area contributed by atoms with Gasteiger partial charge < -0.3 is 9.52 Å². The van der Waals surface area contributed by atoms with Crippen molar-refractivity contribution in [1.29, 1.82) is 0 Å². The van der Waals surface area contributed by atoms with Crippen LogP contribution < -0.4 is 5.43 Å². The number of fused-ring (bicyclic) bond motifs is 2. The molecule has 4 nitrogen and oxygen atoms in total. The van der Waals surface area contributed by atoms with Gasteiger partial charge in [0, 0.05) is 5.56 Å². The number of aryl methyl sites for hydroxylation is 1. The summed E-state index contributed by atoms with van der Waals surface area (Å²) < 4.78 is 5.81. The second-order valence-electron chi connectivity index (χ2n) is 5.94. The maximum Gasteiger partial charge on any atom is 0.200 e. The van der Waals surface area contributed by atoms with Crippen molar-refractivity contribution in [3.63, 3.8) is 0 Å². The molecule has 0 saturated carbocycles.